The van der Waals surface area contributed by atoms with Crippen LogP contribution >= 0.6 is 12.4 Å². The van der Waals surface area contributed by atoms with Crippen LogP contribution in [0.1, 0.15) is 49.4 Å². The van der Waals surface area contributed by atoms with Gasteiger partial charge in [-0.15, -0.1) is 12.4 Å². The number of benzene rings is 1. The number of ether oxygens (including phenoxy) is 1. The number of hydrogen-bond donors (Lipinski definition) is 2. The average Bonchev–Trinajstić information content (AvgIpc) is 2.77. The van der Waals surface area contributed by atoms with Crippen LogP contribution in [-0.2, 0) is 19.3 Å². The Hall–Kier alpha value is -2.01. The van der Waals surface area contributed by atoms with E-state index in [1.165, 1.54) is 16.7 Å². The minimum atomic E-state index is -0.132. The van der Waals surface area contributed by atoms with Gasteiger partial charge in [0.1, 0.15) is 17.2 Å². The molecule has 3 rings (SSSR count). The molecule has 6 heteroatoms. The van der Waals surface area contributed by atoms with Gasteiger partial charge in [-0.05, 0) is 37.0 Å². The molecule has 1 aliphatic heterocycles. The van der Waals surface area contributed by atoms with E-state index >= 15 is 0 Å². The van der Waals surface area contributed by atoms with Crippen molar-refractivity contribution in [3.05, 3.63) is 40.6 Å². The van der Waals surface area contributed by atoms with Gasteiger partial charge in [0.15, 0.2) is 0 Å². The molecule has 130 valence electrons. The van der Waals surface area contributed by atoms with Crippen molar-refractivity contribution in [1.29, 1.82) is 0 Å². The summed E-state index contributed by atoms with van der Waals surface area (Å²) in [5.74, 6) is 1.73. The zero-order valence-electron chi connectivity index (χ0n) is 14.4. The number of rotatable bonds is 4. The molecular formula is C18H25ClN4O. The maximum atomic E-state index is 6.16. The summed E-state index contributed by atoms with van der Waals surface area (Å²) < 4.78 is 6.16. The molecule has 0 saturated heterocycles. The van der Waals surface area contributed by atoms with E-state index in [2.05, 4.69) is 42.9 Å². The SMILES string of the molecule is CCCc1cc(Cc2cnc(N)nc2N)cc2c1OC(C)(C)C2.Cl. The van der Waals surface area contributed by atoms with Gasteiger partial charge in [-0.2, -0.15) is 4.98 Å². The summed E-state index contributed by atoms with van der Waals surface area (Å²) in [5.41, 5.74) is 16.1. The van der Waals surface area contributed by atoms with E-state index < -0.39 is 0 Å². The number of anilines is 2. The van der Waals surface area contributed by atoms with Crippen LogP contribution in [0.25, 0.3) is 0 Å². The highest BCUT2D eigenvalue weighted by Crippen LogP contribution is 2.39. The normalized spacial score (nSPS) is 14.6. The molecule has 2 aromatic rings. The molecule has 0 fully saturated rings. The van der Waals surface area contributed by atoms with Gasteiger partial charge >= 0.3 is 0 Å². The molecule has 4 N–H and O–H groups in total. The molecule has 0 amide bonds. The Labute approximate surface area is 149 Å². The van der Waals surface area contributed by atoms with E-state index in [-0.39, 0.29) is 24.0 Å². The maximum absolute atomic E-state index is 6.16. The molecule has 0 bridgehead atoms. The van der Waals surface area contributed by atoms with E-state index in [1.54, 1.807) is 6.20 Å². The Balaban J connectivity index is 0.00000208. The minimum absolute atomic E-state index is 0. The van der Waals surface area contributed by atoms with Crippen LogP contribution in [0.5, 0.6) is 5.75 Å². The molecule has 0 radical (unpaired) electrons. The van der Waals surface area contributed by atoms with Crippen LogP contribution in [0.4, 0.5) is 11.8 Å². The summed E-state index contributed by atoms with van der Waals surface area (Å²) in [7, 11) is 0. The van der Waals surface area contributed by atoms with E-state index in [0.29, 0.717) is 12.2 Å². The highest BCUT2D eigenvalue weighted by atomic mass is 35.5. The molecule has 1 aromatic heterocycles. The van der Waals surface area contributed by atoms with E-state index in [0.717, 1.165) is 30.6 Å². The van der Waals surface area contributed by atoms with Crippen LogP contribution in [-0.4, -0.2) is 15.6 Å². The summed E-state index contributed by atoms with van der Waals surface area (Å²) in [5, 5.41) is 0. The Morgan fingerprint density at radius 3 is 2.62 bits per heavy atom. The second kappa shape index (κ2) is 6.85. The molecule has 24 heavy (non-hydrogen) atoms. The highest BCUT2D eigenvalue weighted by molar-refractivity contribution is 5.85. The lowest BCUT2D eigenvalue weighted by molar-refractivity contribution is 0.137. The van der Waals surface area contributed by atoms with E-state index in [9.17, 15) is 0 Å². The van der Waals surface area contributed by atoms with Crippen LogP contribution in [0.2, 0.25) is 0 Å². The lowest BCUT2D eigenvalue weighted by atomic mass is 9.94. The van der Waals surface area contributed by atoms with Crippen molar-refractivity contribution >= 4 is 24.2 Å². The minimum Gasteiger partial charge on any atom is -0.487 e. The third kappa shape index (κ3) is 3.73. The van der Waals surface area contributed by atoms with Crippen molar-refractivity contribution in [3.8, 4) is 5.75 Å². The number of nitrogens with zero attached hydrogens (tertiary/aromatic N) is 2. The zero-order chi connectivity index (χ0) is 16.6. The monoisotopic (exact) mass is 348 g/mol. The predicted molar refractivity (Wildman–Crippen MR) is 99.8 cm³/mol. The summed E-state index contributed by atoms with van der Waals surface area (Å²) >= 11 is 0. The van der Waals surface area contributed by atoms with Crippen molar-refractivity contribution in [2.24, 2.45) is 0 Å². The van der Waals surface area contributed by atoms with Crippen LogP contribution in [0, 0.1) is 0 Å². The molecular weight excluding hydrogens is 324 g/mol. The quantitative estimate of drug-likeness (QED) is 0.885. The topological polar surface area (TPSA) is 87.0 Å². The Kier molecular flexibility index (Phi) is 5.23. The molecule has 1 aliphatic rings. The van der Waals surface area contributed by atoms with Crippen LogP contribution in [0.15, 0.2) is 18.3 Å². The number of halogens is 1. The van der Waals surface area contributed by atoms with Gasteiger partial charge in [0, 0.05) is 24.6 Å². The summed E-state index contributed by atoms with van der Waals surface area (Å²) in [6.45, 7) is 6.45. The number of nitrogens with two attached hydrogens (primary N) is 2. The number of aromatic nitrogens is 2. The van der Waals surface area contributed by atoms with Crippen molar-refractivity contribution in [2.75, 3.05) is 11.5 Å². The lowest BCUT2D eigenvalue weighted by Crippen LogP contribution is -2.24. The number of hydrogen-bond acceptors (Lipinski definition) is 5. The standard InChI is InChI=1S/C18H24N4O.ClH/c1-4-5-12-6-11(7-13-9-18(2,3)23-15(12)13)8-14-10-21-17(20)22-16(14)19;/h6-7,10H,4-5,8-9H2,1-3H3,(H4,19,20,21,22);1H. The van der Waals surface area contributed by atoms with Crippen molar-refractivity contribution in [2.45, 2.75) is 52.1 Å². The molecule has 0 spiro atoms. The molecule has 0 atom stereocenters. The Morgan fingerprint density at radius 2 is 1.96 bits per heavy atom. The first-order valence-electron chi connectivity index (χ1n) is 8.08. The van der Waals surface area contributed by atoms with Crippen molar-refractivity contribution in [1.82, 2.24) is 9.97 Å². The second-order valence-corrected chi connectivity index (χ2v) is 6.85. The highest BCUT2D eigenvalue weighted by Gasteiger charge is 2.32. The van der Waals surface area contributed by atoms with Gasteiger partial charge in [0.2, 0.25) is 5.95 Å². The van der Waals surface area contributed by atoms with Crippen molar-refractivity contribution in [3.63, 3.8) is 0 Å². The zero-order valence-corrected chi connectivity index (χ0v) is 15.2. The average molecular weight is 349 g/mol. The lowest BCUT2D eigenvalue weighted by Gasteiger charge is -2.18. The first-order valence-corrected chi connectivity index (χ1v) is 8.08. The van der Waals surface area contributed by atoms with Gasteiger partial charge in [-0.1, -0.05) is 25.5 Å². The molecule has 2 heterocycles. The Bertz CT molecular complexity index is 746. The van der Waals surface area contributed by atoms with Crippen LogP contribution < -0.4 is 16.2 Å². The number of fused-ring (bicyclic) bond motifs is 1. The number of nitrogen functional groups attached to an aromatic ring is 2. The predicted octanol–water partition coefficient (Wildman–Crippen LogP) is 3.32. The fourth-order valence-corrected chi connectivity index (χ4v) is 3.21. The molecule has 0 aliphatic carbocycles. The molecule has 0 unspecified atom stereocenters. The fraction of sp³-hybridized carbons (Fsp3) is 0.444. The largest absolute Gasteiger partial charge is 0.487 e. The molecule has 1 aromatic carbocycles. The molecule has 5 nitrogen and oxygen atoms in total. The summed E-state index contributed by atoms with van der Waals surface area (Å²) in [6.07, 6.45) is 5.45. The van der Waals surface area contributed by atoms with Gasteiger partial charge in [0.25, 0.3) is 0 Å². The fourth-order valence-electron chi connectivity index (χ4n) is 3.21. The van der Waals surface area contributed by atoms with Gasteiger partial charge in [-0.3, -0.25) is 0 Å². The third-order valence-electron chi connectivity index (χ3n) is 4.13. The number of aryl methyl sites for hydroxylation is 1. The first-order chi connectivity index (χ1) is 10.9. The van der Waals surface area contributed by atoms with E-state index in [1.807, 2.05) is 0 Å². The second-order valence-electron chi connectivity index (χ2n) is 6.85. The van der Waals surface area contributed by atoms with E-state index in [4.69, 9.17) is 16.2 Å². The third-order valence-corrected chi connectivity index (χ3v) is 4.13. The van der Waals surface area contributed by atoms with Crippen molar-refractivity contribution < 1.29 is 4.74 Å². The van der Waals surface area contributed by atoms with Gasteiger partial charge in [-0.25, -0.2) is 4.98 Å². The smallest absolute Gasteiger partial charge is 0.221 e. The maximum Gasteiger partial charge on any atom is 0.221 e. The Morgan fingerprint density at radius 1 is 1.21 bits per heavy atom. The summed E-state index contributed by atoms with van der Waals surface area (Å²) in [4.78, 5) is 8.10. The van der Waals surface area contributed by atoms with Gasteiger partial charge in [0.05, 0.1) is 0 Å². The van der Waals surface area contributed by atoms with Gasteiger partial charge < -0.3 is 16.2 Å². The first kappa shape index (κ1) is 18.3. The summed E-state index contributed by atoms with van der Waals surface area (Å²) in [6, 6.07) is 4.44. The van der Waals surface area contributed by atoms with Crippen LogP contribution in [0.3, 0.4) is 0 Å². The molecule has 0 saturated carbocycles.